The van der Waals surface area contributed by atoms with Gasteiger partial charge < -0.3 is 10.4 Å². The number of rotatable bonds is 4. The van der Waals surface area contributed by atoms with Crippen molar-refractivity contribution in [1.82, 2.24) is 14.6 Å². The molecule has 0 aromatic carbocycles. The number of aliphatic hydroxyl groups is 1. The summed E-state index contributed by atoms with van der Waals surface area (Å²) in [6.07, 6.45) is 4.59. The summed E-state index contributed by atoms with van der Waals surface area (Å²) in [7, 11) is 0. The largest absolute Gasteiger partial charge is 0.396 e. The van der Waals surface area contributed by atoms with E-state index in [1.807, 2.05) is 29.6 Å². The highest BCUT2D eigenvalue weighted by molar-refractivity contribution is 5.44. The van der Waals surface area contributed by atoms with Crippen molar-refractivity contribution in [2.45, 2.75) is 32.6 Å². The smallest absolute Gasteiger partial charge is 0.243 e. The van der Waals surface area contributed by atoms with Crippen LogP contribution in [0.3, 0.4) is 0 Å². The van der Waals surface area contributed by atoms with Crippen molar-refractivity contribution in [2.75, 3.05) is 18.5 Å². The minimum Gasteiger partial charge on any atom is -0.396 e. The summed E-state index contributed by atoms with van der Waals surface area (Å²) in [6.45, 7) is 3.00. The van der Waals surface area contributed by atoms with Crippen LogP contribution in [-0.4, -0.2) is 32.9 Å². The van der Waals surface area contributed by atoms with Gasteiger partial charge in [0.25, 0.3) is 0 Å². The monoisotopic (exact) mass is 260 g/mol. The molecule has 0 spiro atoms. The molecule has 3 rings (SSSR count). The SMILES string of the molecule is Cc1cccc2nc(NCC3(CO)CCCC3)nn12. The van der Waals surface area contributed by atoms with Gasteiger partial charge in [-0.1, -0.05) is 18.9 Å². The van der Waals surface area contributed by atoms with Gasteiger partial charge in [-0.15, -0.1) is 5.10 Å². The fourth-order valence-corrected chi connectivity index (χ4v) is 2.89. The Balaban J connectivity index is 1.76. The first kappa shape index (κ1) is 12.4. The van der Waals surface area contributed by atoms with Crippen LogP contribution in [0.15, 0.2) is 18.2 Å². The molecule has 1 fully saturated rings. The second kappa shape index (κ2) is 4.81. The number of aromatic nitrogens is 3. The molecule has 1 aliphatic rings. The highest BCUT2D eigenvalue weighted by Crippen LogP contribution is 2.37. The van der Waals surface area contributed by atoms with Crippen LogP contribution in [-0.2, 0) is 0 Å². The molecule has 0 aliphatic heterocycles. The average molecular weight is 260 g/mol. The third-order valence-corrected chi connectivity index (χ3v) is 4.17. The highest BCUT2D eigenvalue weighted by Gasteiger charge is 2.33. The minimum atomic E-state index is 0.0204. The van der Waals surface area contributed by atoms with Gasteiger partial charge in [-0.05, 0) is 31.9 Å². The van der Waals surface area contributed by atoms with E-state index in [1.54, 1.807) is 0 Å². The number of aryl methyl sites for hydroxylation is 1. The normalized spacial score (nSPS) is 18.0. The maximum Gasteiger partial charge on any atom is 0.243 e. The summed E-state index contributed by atoms with van der Waals surface area (Å²) in [6, 6.07) is 5.94. The minimum absolute atomic E-state index is 0.0204. The molecule has 5 nitrogen and oxygen atoms in total. The van der Waals surface area contributed by atoms with Crippen LogP contribution < -0.4 is 5.32 Å². The van der Waals surface area contributed by atoms with E-state index in [4.69, 9.17) is 0 Å². The molecular formula is C14H20N4O. The number of nitrogens with one attached hydrogen (secondary N) is 1. The molecule has 102 valence electrons. The zero-order valence-corrected chi connectivity index (χ0v) is 11.3. The van der Waals surface area contributed by atoms with Crippen LogP contribution in [0, 0.1) is 12.3 Å². The number of anilines is 1. The number of hydrogen-bond acceptors (Lipinski definition) is 4. The molecule has 2 aromatic rings. The molecule has 2 aromatic heterocycles. The lowest BCUT2D eigenvalue weighted by Gasteiger charge is -2.26. The lowest BCUT2D eigenvalue weighted by Crippen LogP contribution is -2.30. The van der Waals surface area contributed by atoms with E-state index in [9.17, 15) is 5.11 Å². The topological polar surface area (TPSA) is 62.5 Å². The van der Waals surface area contributed by atoms with Crippen molar-refractivity contribution >= 4 is 11.6 Å². The molecule has 0 atom stereocenters. The van der Waals surface area contributed by atoms with E-state index < -0.39 is 0 Å². The van der Waals surface area contributed by atoms with Crippen LogP contribution in [0.5, 0.6) is 0 Å². The van der Waals surface area contributed by atoms with Gasteiger partial charge in [0.05, 0.1) is 6.61 Å². The third kappa shape index (κ3) is 2.30. The first-order valence-electron chi connectivity index (χ1n) is 6.90. The zero-order chi connectivity index (χ0) is 13.3. The van der Waals surface area contributed by atoms with Crippen LogP contribution in [0.1, 0.15) is 31.4 Å². The van der Waals surface area contributed by atoms with Gasteiger partial charge in [-0.3, -0.25) is 0 Å². The summed E-state index contributed by atoms with van der Waals surface area (Å²) in [5, 5.41) is 17.3. The molecule has 0 bridgehead atoms. The van der Waals surface area contributed by atoms with Crippen molar-refractivity contribution in [2.24, 2.45) is 5.41 Å². The van der Waals surface area contributed by atoms with E-state index in [0.717, 1.165) is 30.7 Å². The predicted octanol–water partition coefficient (Wildman–Crippen LogP) is 2.00. The van der Waals surface area contributed by atoms with Gasteiger partial charge in [-0.25, -0.2) is 4.52 Å². The number of hydrogen-bond donors (Lipinski definition) is 2. The van der Waals surface area contributed by atoms with Crippen molar-refractivity contribution < 1.29 is 5.11 Å². The maximum atomic E-state index is 9.59. The molecule has 1 aliphatic carbocycles. The van der Waals surface area contributed by atoms with Gasteiger partial charge in [-0.2, -0.15) is 4.98 Å². The van der Waals surface area contributed by atoms with E-state index in [-0.39, 0.29) is 12.0 Å². The Morgan fingerprint density at radius 2 is 2.16 bits per heavy atom. The summed E-state index contributed by atoms with van der Waals surface area (Å²) in [5.41, 5.74) is 1.94. The summed E-state index contributed by atoms with van der Waals surface area (Å²) in [4.78, 5) is 4.46. The van der Waals surface area contributed by atoms with Gasteiger partial charge in [0.15, 0.2) is 5.65 Å². The molecule has 0 saturated heterocycles. The Morgan fingerprint density at radius 1 is 1.37 bits per heavy atom. The van der Waals surface area contributed by atoms with Gasteiger partial charge in [0.2, 0.25) is 5.95 Å². The number of aliphatic hydroxyl groups excluding tert-OH is 1. The van der Waals surface area contributed by atoms with Gasteiger partial charge in [0, 0.05) is 17.7 Å². The summed E-state index contributed by atoms with van der Waals surface area (Å²) >= 11 is 0. The first-order valence-corrected chi connectivity index (χ1v) is 6.90. The maximum absolute atomic E-state index is 9.59. The summed E-state index contributed by atoms with van der Waals surface area (Å²) in [5.74, 6) is 0.647. The highest BCUT2D eigenvalue weighted by atomic mass is 16.3. The lowest BCUT2D eigenvalue weighted by atomic mass is 9.87. The Hall–Kier alpha value is -1.62. The average Bonchev–Trinajstić information content (AvgIpc) is 3.04. The van der Waals surface area contributed by atoms with E-state index >= 15 is 0 Å². The Bertz CT molecular complexity index is 572. The number of nitrogens with zero attached hydrogens (tertiary/aromatic N) is 3. The molecule has 5 heteroatoms. The molecule has 2 heterocycles. The Kier molecular flexibility index (Phi) is 3.14. The standard InChI is InChI=1S/C14H20N4O/c1-11-5-4-6-12-16-13(17-18(11)12)15-9-14(10-19)7-2-3-8-14/h4-6,19H,2-3,7-10H2,1H3,(H,15,17). The zero-order valence-electron chi connectivity index (χ0n) is 11.3. The lowest BCUT2D eigenvalue weighted by molar-refractivity contribution is 0.142. The fraction of sp³-hybridized carbons (Fsp3) is 0.571. The van der Waals surface area contributed by atoms with Gasteiger partial charge in [0.1, 0.15) is 0 Å². The van der Waals surface area contributed by atoms with Gasteiger partial charge >= 0.3 is 0 Å². The molecule has 0 amide bonds. The molecule has 2 N–H and O–H groups in total. The van der Waals surface area contributed by atoms with Crippen molar-refractivity contribution in [3.8, 4) is 0 Å². The molecule has 0 unspecified atom stereocenters. The second-order valence-corrected chi connectivity index (χ2v) is 5.59. The van der Waals surface area contributed by atoms with E-state index in [2.05, 4.69) is 15.4 Å². The molecular weight excluding hydrogens is 240 g/mol. The van der Waals surface area contributed by atoms with Crippen molar-refractivity contribution in [1.29, 1.82) is 0 Å². The van der Waals surface area contributed by atoms with E-state index in [1.165, 1.54) is 12.8 Å². The van der Waals surface area contributed by atoms with E-state index in [0.29, 0.717) is 5.95 Å². The predicted molar refractivity (Wildman–Crippen MR) is 74.2 cm³/mol. The molecule has 19 heavy (non-hydrogen) atoms. The second-order valence-electron chi connectivity index (χ2n) is 5.59. The number of pyridine rings is 1. The summed E-state index contributed by atoms with van der Waals surface area (Å²) < 4.78 is 1.84. The number of fused-ring (bicyclic) bond motifs is 1. The van der Waals surface area contributed by atoms with Crippen molar-refractivity contribution in [3.63, 3.8) is 0 Å². The van der Waals surface area contributed by atoms with Crippen molar-refractivity contribution in [3.05, 3.63) is 23.9 Å². The van der Waals surface area contributed by atoms with Crippen LogP contribution in [0.25, 0.3) is 5.65 Å². The molecule has 1 saturated carbocycles. The quantitative estimate of drug-likeness (QED) is 0.882. The molecule has 0 radical (unpaired) electrons. The first-order chi connectivity index (χ1) is 9.22. The van der Waals surface area contributed by atoms with Crippen LogP contribution in [0.4, 0.5) is 5.95 Å². The fourth-order valence-electron chi connectivity index (χ4n) is 2.89. The Labute approximate surface area is 112 Å². The van der Waals surface area contributed by atoms with Crippen LogP contribution in [0.2, 0.25) is 0 Å². The van der Waals surface area contributed by atoms with Crippen LogP contribution >= 0.6 is 0 Å². The third-order valence-electron chi connectivity index (χ3n) is 4.17. The Morgan fingerprint density at radius 3 is 2.84 bits per heavy atom.